The minimum absolute atomic E-state index is 0. The van der Waals surface area contributed by atoms with Gasteiger partial charge in [0.1, 0.15) is 0 Å². The van der Waals surface area contributed by atoms with E-state index in [0.29, 0.717) is 43.2 Å². The fourth-order valence-corrected chi connectivity index (χ4v) is 2.78. The third-order valence-corrected chi connectivity index (χ3v) is 4.20. The summed E-state index contributed by atoms with van der Waals surface area (Å²) >= 11 is 0. The molecular formula is C14H21ClN6O3. The maximum atomic E-state index is 12.3. The van der Waals surface area contributed by atoms with Crippen LogP contribution >= 0.6 is 12.4 Å². The molecule has 0 aromatic carbocycles. The van der Waals surface area contributed by atoms with E-state index in [-0.39, 0.29) is 18.0 Å². The number of nitrogens with zero attached hydrogens (tertiary/aromatic N) is 5. The molecule has 1 aliphatic rings. The minimum Gasteiger partial charge on any atom is -0.378 e. The number of aromatic nitrogens is 4. The van der Waals surface area contributed by atoms with Crippen molar-refractivity contribution in [2.45, 2.75) is 13.0 Å². The third kappa shape index (κ3) is 3.09. The van der Waals surface area contributed by atoms with Gasteiger partial charge in [-0.15, -0.1) is 12.4 Å². The lowest BCUT2D eigenvalue weighted by Crippen LogP contribution is -2.40. The van der Waals surface area contributed by atoms with Crippen molar-refractivity contribution in [3.05, 3.63) is 27.2 Å². The van der Waals surface area contributed by atoms with Crippen LogP contribution in [0.4, 0.5) is 0 Å². The Morgan fingerprint density at radius 1 is 1.25 bits per heavy atom. The molecule has 1 N–H and O–H groups in total. The smallest absolute Gasteiger partial charge is 0.332 e. The van der Waals surface area contributed by atoms with E-state index in [1.165, 1.54) is 11.6 Å². The van der Waals surface area contributed by atoms with Crippen LogP contribution in [0.5, 0.6) is 0 Å². The Morgan fingerprint density at radius 2 is 1.92 bits per heavy atom. The second-order valence-corrected chi connectivity index (χ2v) is 5.61. The molecule has 3 rings (SSSR count). The predicted octanol–water partition coefficient (Wildman–Crippen LogP) is -0.445. The highest BCUT2D eigenvalue weighted by Gasteiger charge is 2.16. The Kier molecular flexibility index (Phi) is 5.45. The molecule has 0 unspecified atom stereocenters. The number of morpholine rings is 1. The van der Waals surface area contributed by atoms with Crippen molar-refractivity contribution < 1.29 is 4.74 Å². The van der Waals surface area contributed by atoms with Crippen LogP contribution < -0.4 is 11.2 Å². The molecule has 132 valence electrons. The summed E-state index contributed by atoms with van der Waals surface area (Å²) in [6, 6.07) is 0. The Labute approximate surface area is 144 Å². The molecule has 2 aromatic rings. The average Bonchev–Trinajstić information content (AvgIpc) is 3.00. The van der Waals surface area contributed by atoms with Crippen molar-refractivity contribution in [3.63, 3.8) is 0 Å². The van der Waals surface area contributed by atoms with Crippen LogP contribution in [-0.4, -0.2) is 55.7 Å². The Morgan fingerprint density at radius 3 is 2.58 bits per heavy atom. The minimum atomic E-state index is -0.395. The lowest BCUT2D eigenvalue weighted by Gasteiger charge is -2.29. The normalized spacial score (nSPS) is 14.7. The SMILES string of the molecule is Cl.Cn1c(=O)c2c(ncn2CCC(=N)N2CCOCC2)n(C)c1=O. The average molecular weight is 357 g/mol. The van der Waals surface area contributed by atoms with Gasteiger partial charge in [-0.2, -0.15) is 0 Å². The molecule has 0 amide bonds. The van der Waals surface area contributed by atoms with Gasteiger partial charge >= 0.3 is 5.69 Å². The lowest BCUT2D eigenvalue weighted by atomic mass is 10.3. The van der Waals surface area contributed by atoms with E-state index in [1.807, 2.05) is 4.90 Å². The molecule has 10 heteroatoms. The number of nitrogens with one attached hydrogen (secondary N) is 1. The zero-order valence-corrected chi connectivity index (χ0v) is 14.5. The number of rotatable bonds is 3. The van der Waals surface area contributed by atoms with E-state index < -0.39 is 5.69 Å². The monoisotopic (exact) mass is 356 g/mol. The van der Waals surface area contributed by atoms with Crippen LogP contribution in [0, 0.1) is 5.41 Å². The Balaban J connectivity index is 0.00000208. The van der Waals surface area contributed by atoms with Crippen LogP contribution in [0.3, 0.4) is 0 Å². The van der Waals surface area contributed by atoms with Gasteiger partial charge in [0.25, 0.3) is 5.56 Å². The van der Waals surface area contributed by atoms with Gasteiger partial charge in [-0.3, -0.25) is 19.3 Å². The summed E-state index contributed by atoms with van der Waals surface area (Å²) in [5.74, 6) is 0.525. The van der Waals surface area contributed by atoms with Gasteiger partial charge in [0.15, 0.2) is 11.2 Å². The van der Waals surface area contributed by atoms with Crippen molar-refractivity contribution in [3.8, 4) is 0 Å². The molecule has 3 heterocycles. The topological polar surface area (TPSA) is 98.1 Å². The number of fused-ring (bicyclic) bond motifs is 1. The van der Waals surface area contributed by atoms with Crippen molar-refractivity contribution in [1.29, 1.82) is 5.41 Å². The first-order chi connectivity index (χ1) is 11.0. The maximum absolute atomic E-state index is 12.3. The molecule has 0 bridgehead atoms. The first kappa shape index (κ1) is 18.2. The molecule has 2 aromatic heterocycles. The number of imidazole rings is 1. The van der Waals surface area contributed by atoms with E-state index in [2.05, 4.69) is 4.98 Å². The van der Waals surface area contributed by atoms with Gasteiger partial charge in [0, 0.05) is 40.2 Å². The van der Waals surface area contributed by atoms with Crippen molar-refractivity contribution in [2.75, 3.05) is 26.3 Å². The molecule has 0 aliphatic carbocycles. The van der Waals surface area contributed by atoms with Gasteiger partial charge in [-0.1, -0.05) is 0 Å². The fourth-order valence-electron chi connectivity index (χ4n) is 2.78. The number of hydrogen-bond acceptors (Lipinski definition) is 5. The van der Waals surface area contributed by atoms with E-state index in [4.69, 9.17) is 10.1 Å². The molecule has 0 radical (unpaired) electrons. The molecule has 1 aliphatic heterocycles. The molecule has 24 heavy (non-hydrogen) atoms. The largest absolute Gasteiger partial charge is 0.378 e. The predicted molar refractivity (Wildman–Crippen MR) is 92.2 cm³/mol. The summed E-state index contributed by atoms with van der Waals surface area (Å²) in [7, 11) is 3.05. The quantitative estimate of drug-likeness (QED) is 0.593. The first-order valence-electron chi connectivity index (χ1n) is 7.51. The molecule has 1 saturated heterocycles. The van der Waals surface area contributed by atoms with Crippen LogP contribution in [0.25, 0.3) is 11.2 Å². The summed E-state index contributed by atoms with van der Waals surface area (Å²) in [5.41, 5.74) is 0.00712. The third-order valence-electron chi connectivity index (χ3n) is 4.20. The highest BCUT2D eigenvalue weighted by Crippen LogP contribution is 2.08. The fraction of sp³-hybridized carbons (Fsp3) is 0.571. The standard InChI is InChI=1S/C14H20N6O3.ClH/c1-17-12-11(13(21)18(2)14(17)22)20(9-16-12)4-3-10(15)19-5-7-23-8-6-19;/h9,15H,3-8H2,1-2H3;1H. The summed E-state index contributed by atoms with van der Waals surface area (Å²) in [5, 5.41) is 8.16. The van der Waals surface area contributed by atoms with Crippen LogP contribution in [0.15, 0.2) is 15.9 Å². The maximum Gasteiger partial charge on any atom is 0.332 e. The number of aryl methyl sites for hydroxylation is 2. The molecular weight excluding hydrogens is 336 g/mol. The molecule has 0 atom stereocenters. The Bertz CT molecular complexity index is 862. The van der Waals surface area contributed by atoms with Crippen molar-refractivity contribution in [1.82, 2.24) is 23.6 Å². The highest BCUT2D eigenvalue weighted by molar-refractivity contribution is 5.85. The number of amidine groups is 1. The van der Waals surface area contributed by atoms with E-state index in [9.17, 15) is 9.59 Å². The summed E-state index contributed by atoms with van der Waals surface area (Å²) in [4.78, 5) is 30.4. The number of halogens is 1. The Hall–Kier alpha value is -2.13. The van der Waals surface area contributed by atoms with Gasteiger partial charge < -0.3 is 14.2 Å². The summed E-state index contributed by atoms with van der Waals surface area (Å²) in [6.45, 7) is 3.19. The summed E-state index contributed by atoms with van der Waals surface area (Å²) < 4.78 is 9.43. The van der Waals surface area contributed by atoms with E-state index >= 15 is 0 Å². The van der Waals surface area contributed by atoms with Gasteiger partial charge in [0.2, 0.25) is 0 Å². The highest BCUT2D eigenvalue weighted by atomic mass is 35.5. The molecule has 9 nitrogen and oxygen atoms in total. The van der Waals surface area contributed by atoms with Crippen molar-refractivity contribution in [2.24, 2.45) is 14.1 Å². The second kappa shape index (κ2) is 7.18. The van der Waals surface area contributed by atoms with Crippen molar-refractivity contribution >= 4 is 29.4 Å². The second-order valence-electron chi connectivity index (χ2n) is 5.61. The molecule has 1 fully saturated rings. The first-order valence-corrected chi connectivity index (χ1v) is 7.51. The number of hydrogen-bond donors (Lipinski definition) is 1. The van der Waals surface area contributed by atoms with Crippen LogP contribution in [0.1, 0.15) is 6.42 Å². The van der Waals surface area contributed by atoms with Crippen LogP contribution in [-0.2, 0) is 25.4 Å². The van der Waals surface area contributed by atoms with E-state index in [0.717, 1.165) is 17.7 Å². The number of ether oxygens (including phenoxy) is 1. The zero-order chi connectivity index (χ0) is 16.6. The molecule has 0 spiro atoms. The van der Waals surface area contributed by atoms with Gasteiger partial charge in [-0.05, 0) is 0 Å². The summed E-state index contributed by atoms with van der Waals surface area (Å²) in [6.07, 6.45) is 2.05. The van der Waals surface area contributed by atoms with Gasteiger partial charge in [-0.25, -0.2) is 9.78 Å². The van der Waals surface area contributed by atoms with Gasteiger partial charge in [0.05, 0.1) is 25.4 Å². The van der Waals surface area contributed by atoms with Crippen LogP contribution in [0.2, 0.25) is 0 Å². The lowest BCUT2D eigenvalue weighted by molar-refractivity contribution is 0.0667. The van der Waals surface area contributed by atoms with E-state index in [1.54, 1.807) is 17.9 Å². The molecule has 0 saturated carbocycles. The zero-order valence-electron chi connectivity index (χ0n) is 13.7.